The zero-order valence-corrected chi connectivity index (χ0v) is 19.1. The first-order chi connectivity index (χ1) is 16.6. The molecule has 5 heteroatoms. The highest BCUT2D eigenvalue weighted by Crippen LogP contribution is 2.23. The zero-order valence-electron chi connectivity index (χ0n) is 18.3. The third-order valence-electron chi connectivity index (χ3n) is 5.53. The Kier molecular flexibility index (Phi) is 6.27. The molecule has 0 aliphatic rings. The molecule has 0 aromatic heterocycles. The zero-order chi connectivity index (χ0) is 23.3. The SMILES string of the molecule is O=C(CSc1ccc(NC(=O)c2ccc3ccccc3c2)cc1)Nc1ccc2ccccc2c1. The molecule has 0 atom stereocenters. The van der Waals surface area contributed by atoms with Crippen molar-refractivity contribution in [3.8, 4) is 0 Å². The lowest BCUT2D eigenvalue weighted by Gasteiger charge is -2.08. The molecule has 0 bridgehead atoms. The molecule has 5 aromatic carbocycles. The Morgan fingerprint density at radius 2 is 1.18 bits per heavy atom. The lowest BCUT2D eigenvalue weighted by atomic mass is 10.1. The number of nitrogens with one attached hydrogen (secondary N) is 2. The van der Waals surface area contributed by atoms with Gasteiger partial charge in [0.1, 0.15) is 0 Å². The first-order valence-electron chi connectivity index (χ1n) is 11.0. The molecule has 0 saturated heterocycles. The molecule has 2 N–H and O–H groups in total. The summed E-state index contributed by atoms with van der Waals surface area (Å²) in [6.07, 6.45) is 0. The van der Waals surface area contributed by atoms with Crippen molar-refractivity contribution in [3.63, 3.8) is 0 Å². The molecule has 34 heavy (non-hydrogen) atoms. The summed E-state index contributed by atoms with van der Waals surface area (Å²) in [4.78, 5) is 26.0. The summed E-state index contributed by atoms with van der Waals surface area (Å²) in [6.45, 7) is 0. The lowest BCUT2D eigenvalue weighted by molar-refractivity contribution is -0.113. The Labute approximate surface area is 202 Å². The fraction of sp³-hybridized carbons (Fsp3) is 0.0345. The average molecular weight is 463 g/mol. The van der Waals surface area contributed by atoms with E-state index in [1.165, 1.54) is 11.8 Å². The van der Waals surface area contributed by atoms with Gasteiger partial charge in [-0.05, 0) is 70.1 Å². The van der Waals surface area contributed by atoms with E-state index in [-0.39, 0.29) is 11.8 Å². The van der Waals surface area contributed by atoms with Gasteiger partial charge in [0, 0.05) is 21.8 Å². The van der Waals surface area contributed by atoms with Crippen molar-refractivity contribution in [2.24, 2.45) is 0 Å². The van der Waals surface area contributed by atoms with Gasteiger partial charge in [-0.2, -0.15) is 0 Å². The summed E-state index contributed by atoms with van der Waals surface area (Å²) in [5.74, 6) is 0.0881. The summed E-state index contributed by atoms with van der Waals surface area (Å²) in [7, 11) is 0. The molecule has 2 amide bonds. The van der Waals surface area contributed by atoms with Crippen molar-refractivity contribution in [3.05, 3.63) is 115 Å². The normalized spacial score (nSPS) is 10.8. The summed E-state index contributed by atoms with van der Waals surface area (Å²) in [5, 5.41) is 10.3. The van der Waals surface area contributed by atoms with Crippen LogP contribution in [0.2, 0.25) is 0 Å². The molecule has 0 aliphatic heterocycles. The van der Waals surface area contributed by atoms with Gasteiger partial charge in [0.15, 0.2) is 0 Å². The van der Waals surface area contributed by atoms with Gasteiger partial charge in [-0.25, -0.2) is 0 Å². The van der Waals surface area contributed by atoms with Gasteiger partial charge >= 0.3 is 0 Å². The fourth-order valence-corrected chi connectivity index (χ4v) is 4.48. The smallest absolute Gasteiger partial charge is 0.255 e. The summed E-state index contributed by atoms with van der Waals surface area (Å²) in [6, 6.07) is 35.1. The van der Waals surface area contributed by atoms with Crippen LogP contribution in [0.1, 0.15) is 10.4 Å². The Bertz CT molecular complexity index is 1500. The van der Waals surface area contributed by atoms with E-state index in [0.29, 0.717) is 17.0 Å². The second-order valence-electron chi connectivity index (χ2n) is 7.94. The Morgan fingerprint density at radius 3 is 1.88 bits per heavy atom. The van der Waals surface area contributed by atoms with Crippen molar-refractivity contribution in [2.45, 2.75) is 4.90 Å². The predicted octanol–water partition coefficient (Wildman–Crippen LogP) is 6.98. The third kappa shape index (κ3) is 5.11. The molecule has 0 heterocycles. The molecule has 0 saturated carbocycles. The maximum Gasteiger partial charge on any atom is 0.255 e. The summed E-state index contributed by atoms with van der Waals surface area (Å²) >= 11 is 1.45. The van der Waals surface area contributed by atoms with Crippen molar-refractivity contribution < 1.29 is 9.59 Å². The molecule has 166 valence electrons. The van der Waals surface area contributed by atoms with Gasteiger partial charge < -0.3 is 10.6 Å². The Morgan fingerprint density at radius 1 is 0.588 bits per heavy atom. The van der Waals surface area contributed by atoms with E-state index in [2.05, 4.69) is 10.6 Å². The molecule has 4 nitrogen and oxygen atoms in total. The molecular weight excluding hydrogens is 440 g/mol. The van der Waals surface area contributed by atoms with E-state index in [9.17, 15) is 9.59 Å². The van der Waals surface area contributed by atoms with Crippen molar-refractivity contribution in [2.75, 3.05) is 16.4 Å². The number of hydrogen-bond donors (Lipinski definition) is 2. The number of carbonyl (C=O) groups is 2. The molecule has 5 rings (SSSR count). The minimum Gasteiger partial charge on any atom is -0.325 e. The van der Waals surface area contributed by atoms with Crippen LogP contribution in [0.5, 0.6) is 0 Å². The Balaban J connectivity index is 1.16. The van der Waals surface area contributed by atoms with Crippen LogP contribution in [-0.4, -0.2) is 17.6 Å². The van der Waals surface area contributed by atoms with Crippen LogP contribution in [0, 0.1) is 0 Å². The number of rotatable bonds is 6. The molecule has 0 unspecified atom stereocenters. The van der Waals surface area contributed by atoms with Crippen LogP contribution < -0.4 is 10.6 Å². The van der Waals surface area contributed by atoms with E-state index in [1.807, 2.05) is 109 Å². The number of benzene rings is 5. The number of fused-ring (bicyclic) bond motifs is 2. The third-order valence-corrected chi connectivity index (χ3v) is 6.54. The van der Waals surface area contributed by atoms with Crippen molar-refractivity contribution in [1.82, 2.24) is 0 Å². The second kappa shape index (κ2) is 9.81. The number of carbonyl (C=O) groups excluding carboxylic acids is 2. The highest BCUT2D eigenvalue weighted by atomic mass is 32.2. The maximum absolute atomic E-state index is 12.6. The van der Waals surface area contributed by atoms with Crippen LogP contribution >= 0.6 is 11.8 Å². The van der Waals surface area contributed by atoms with Gasteiger partial charge in [0.2, 0.25) is 5.91 Å². The molecule has 0 aliphatic carbocycles. The quantitative estimate of drug-likeness (QED) is 0.268. The lowest BCUT2D eigenvalue weighted by Crippen LogP contribution is -2.14. The monoisotopic (exact) mass is 462 g/mol. The first-order valence-corrected chi connectivity index (χ1v) is 11.9. The maximum atomic E-state index is 12.6. The average Bonchev–Trinajstić information content (AvgIpc) is 2.88. The summed E-state index contributed by atoms with van der Waals surface area (Å²) in [5.41, 5.74) is 2.11. The van der Waals surface area contributed by atoms with Crippen LogP contribution in [-0.2, 0) is 4.79 Å². The van der Waals surface area contributed by atoms with Crippen LogP contribution in [0.25, 0.3) is 21.5 Å². The van der Waals surface area contributed by atoms with Crippen LogP contribution in [0.4, 0.5) is 11.4 Å². The first kappa shape index (κ1) is 21.7. The number of anilines is 2. The number of thioether (sulfide) groups is 1. The van der Waals surface area contributed by atoms with Gasteiger partial charge in [-0.3, -0.25) is 9.59 Å². The largest absolute Gasteiger partial charge is 0.325 e. The van der Waals surface area contributed by atoms with Crippen LogP contribution in [0.15, 0.2) is 114 Å². The highest BCUT2D eigenvalue weighted by molar-refractivity contribution is 8.00. The minimum absolute atomic E-state index is 0.0611. The number of amides is 2. The minimum atomic E-state index is -0.152. The van der Waals surface area contributed by atoms with E-state index in [1.54, 1.807) is 0 Å². The van der Waals surface area contributed by atoms with E-state index < -0.39 is 0 Å². The van der Waals surface area contributed by atoms with E-state index in [0.717, 1.165) is 32.1 Å². The van der Waals surface area contributed by atoms with Crippen molar-refractivity contribution in [1.29, 1.82) is 0 Å². The van der Waals surface area contributed by atoms with E-state index >= 15 is 0 Å². The van der Waals surface area contributed by atoms with Gasteiger partial charge in [0.05, 0.1) is 5.75 Å². The number of hydrogen-bond acceptors (Lipinski definition) is 3. The van der Waals surface area contributed by atoms with E-state index in [4.69, 9.17) is 0 Å². The second-order valence-corrected chi connectivity index (χ2v) is 8.99. The topological polar surface area (TPSA) is 58.2 Å². The summed E-state index contributed by atoms with van der Waals surface area (Å²) < 4.78 is 0. The molecular formula is C29H22N2O2S. The molecule has 0 fully saturated rings. The molecule has 0 spiro atoms. The molecule has 0 radical (unpaired) electrons. The fourth-order valence-electron chi connectivity index (χ4n) is 3.78. The standard InChI is InChI=1S/C29H22N2O2S/c32-28(30-26-12-11-21-6-2-4-8-23(21)18-26)19-34-27-15-13-25(14-16-27)31-29(33)24-10-9-20-5-1-3-7-22(20)17-24/h1-18H,19H2,(H,30,32)(H,31,33). The molecule has 5 aromatic rings. The Hall–Kier alpha value is -4.09. The van der Waals surface area contributed by atoms with Crippen molar-refractivity contribution >= 4 is 56.5 Å². The van der Waals surface area contributed by atoms with Gasteiger partial charge in [0.25, 0.3) is 5.91 Å². The van der Waals surface area contributed by atoms with Crippen LogP contribution in [0.3, 0.4) is 0 Å². The van der Waals surface area contributed by atoms with Gasteiger partial charge in [-0.1, -0.05) is 60.7 Å². The van der Waals surface area contributed by atoms with Gasteiger partial charge in [-0.15, -0.1) is 11.8 Å². The highest BCUT2D eigenvalue weighted by Gasteiger charge is 2.08. The predicted molar refractivity (Wildman–Crippen MR) is 142 cm³/mol.